The lowest BCUT2D eigenvalue weighted by atomic mass is 10.5. The Balaban J connectivity index is 2.34. The molecule has 5 nitrogen and oxygen atoms in total. The average Bonchev–Trinajstić information content (AvgIpc) is 2.68. The van der Waals surface area contributed by atoms with Gasteiger partial charge in [0.25, 0.3) is 0 Å². The van der Waals surface area contributed by atoms with Gasteiger partial charge in [-0.25, -0.2) is 9.97 Å². The Morgan fingerprint density at radius 3 is 2.57 bits per heavy atom. The molecule has 0 fully saturated rings. The fourth-order valence-electron chi connectivity index (χ4n) is 0.902. The number of nitrogens with zero attached hydrogens (tertiary/aromatic N) is 4. The first-order chi connectivity index (χ1) is 6.77. The zero-order valence-electron chi connectivity index (χ0n) is 7.38. The van der Waals surface area contributed by atoms with Gasteiger partial charge in [0.15, 0.2) is 0 Å². The summed E-state index contributed by atoms with van der Waals surface area (Å²) in [5.41, 5.74) is 0. The molecule has 6 heteroatoms. The van der Waals surface area contributed by atoms with Crippen LogP contribution in [0.5, 0.6) is 0 Å². The Morgan fingerprint density at radius 2 is 2.00 bits per heavy atom. The molecule has 0 saturated heterocycles. The van der Waals surface area contributed by atoms with Crippen LogP contribution in [0.3, 0.4) is 0 Å². The number of aromatic nitrogens is 4. The second kappa shape index (κ2) is 3.71. The molecule has 0 aliphatic rings. The Hall–Kier alpha value is -1.49. The predicted octanol–water partition coefficient (Wildman–Crippen LogP) is 1.83. The maximum absolute atomic E-state index is 5.77. The highest BCUT2D eigenvalue weighted by atomic mass is 35.5. The molecule has 2 aromatic rings. The van der Waals surface area contributed by atoms with Crippen LogP contribution in [0.2, 0.25) is 0 Å². The fourth-order valence-corrected chi connectivity index (χ4v) is 0.991. The Kier molecular flexibility index (Phi) is 2.41. The molecule has 0 amide bonds. The minimum Gasteiger partial charge on any atom is -0.337 e. The van der Waals surface area contributed by atoms with E-state index in [0.29, 0.717) is 17.5 Å². The Labute approximate surface area is 85.1 Å². The van der Waals surface area contributed by atoms with E-state index in [4.69, 9.17) is 16.1 Å². The minimum atomic E-state index is -0.306. The van der Waals surface area contributed by atoms with E-state index in [1.54, 1.807) is 25.4 Å². The van der Waals surface area contributed by atoms with E-state index in [1.807, 2.05) is 0 Å². The molecule has 2 rings (SSSR count). The number of halogens is 1. The smallest absolute Gasteiger partial charge is 0.244 e. The fraction of sp³-hybridized carbons (Fsp3) is 0.250. The predicted molar refractivity (Wildman–Crippen MR) is 49.6 cm³/mol. The normalized spacial score (nSPS) is 12.7. The van der Waals surface area contributed by atoms with Crippen molar-refractivity contribution in [3.05, 3.63) is 24.4 Å². The summed E-state index contributed by atoms with van der Waals surface area (Å²) in [6, 6.07) is 1.72. The van der Waals surface area contributed by atoms with Crippen LogP contribution in [0, 0.1) is 0 Å². The van der Waals surface area contributed by atoms with Gasteiger partial charge in [-0.3, -0.25) is 0 Å². The van der Waals surface area contributed by atoms with E-state index in [1.165, 1.54) is 0 Å². The van der Waals surface area contributed by atoms with Crippen LogP contribution in [0.15, 0.2) is 23.0 Å². The van der Waals surface area contributed by atoms with Crippen molar-refractivity contribution in [2.45, 2.75) is 12.3 Å². The van der Waals surface area contributed by atoms with E-state index in [0.717, 1.165) is 0 Å². The summed E-state index contributed by atoms with van der Waals surface area (Å²) in [6.45, 7) is 1.75. The Bertz CT molecular complexity index is 414. The number of hydrogen-bond donors (Lipinski definition) is 0. The first kappa shape index (κ1) is 9.08. The van der Waals surface area contributed by atoms with Crippen LogP contribution in [0.1, 0.15) is 18.2 Å². The lowest BCUT2D eigenvalue weighted by Gasteiger charge is -1.90. The van der Waals surface area contributed by atoms with Crippen molar-refractivity contribution >= 4 is 11.6 Å². The summed E-state index contributed by atoms with van der Waals surface area (Å²) in [7, 11) is 0. The van der Waals surface area contributed by atoms with Crippen molar-refractivity contribution in [3.63, 3.8) is 0 Å². The highest BCUT2D eigenvalue weighted by molar-refractivity contribution is 6.20. The molecule has 0 aliphatic carbocycles. The van der Waals surface area contributed by atoms with Crippen molar-refractivity contribution in [2.75, 3.05) is 0 Å². The lowest BCUT2D eigenvalue weighted by Crippen LogP contribution is -1.89. The standard InChI is InChI=1S/C8H7ClN4O/c1-5(9)8-12-7(13-14-8)6-10-3-2-4-11-6/h2-5H,1H3/t5-/m1/s1. The van der Waals surface area contributed by atoms with Gasteiger partial charge in [-0.15, -0.1) is 11.6 Å². The van der Waals surface area contributed by atoms with Crippen molar-refractivity contribution in [1.29, 1.82) is 0 Å². The molecule has 0 spiro atoms. The zero-order valence-corrected chi connectivity index (χ0v) is 8.14. The van der Waals surface area contributed by atoms with Gasteiger partial charge >= 0.3 is 0 Å². The van der Waals surface area contributed by atoms with Crippen LogP contribution < -0.4 is 0 Å². The van der Waals surface area contributed by atoms with E-state index < -0.39 is 0 Å². The maximum atomic E-state index is 5.77. The second-order valence-corrected chi connectivity index (χ2v) is 3.30. The highest BCUT2D eigenvalue weighted by Gasteiger charge is 2.13. The maximum Gasteiger partial charge on any atom is 0.244 e. The third-order valence-corrected chi connectivity index (χ3v) is 1.73. The molecule has 1 atom stereocenters. The summed E-state index contributed by atoms with van der Waals surface area (Å²) in [5, 5.41) is 3.41. The number of rotatable bonds is 2. The van der Waals surface area contributed by atoms with Gasteiger partial charge < -0.3 is 4.52 Å². The van der Waals surface area contributed by atoms with Crippen LogP contribution in [-0.4, -0.2) is 20.1 Å². The molecule has 0 aliphatic heterocycles. The molecular formula is C8H7ClN4O. The molecule has 0 radical (unpaired) electrons. The van der Waals surface area contributed by atoms with Gasteiger partial charge in [-0.1, -0.05) is 5.16 Å². The Morgan fingerprint density at radius 1 is 1.29 bits per heavy atom. The second-order valence-electron chi connectivity index (χ2n) is 2.64. The average molecular weight is 211 g/mol. The van der Waals surface area contributed by atoms with Crippen LogP contribution in [0.25, 0.3) is 11.6 Å². The summed E-state index contributed by atoms with van der Waals surface area (Å²) < 4.78 is 4.91. The van der Waals surface area contributed by atoms with E-state index in [-0.39, 0.29) is 5.38 Å². The van der Waals surface area contributed by atoms with Crippen LogP contribution in [0.4, 0.5) is 0 Å². The van der Waals surface area contributed by atoms with Gasteiger partial charge in [-0.2, -0.15) is 4.98 Å². The first-order valence-electron chi connectivity index (χ1n) is 4.02. The summed E-state index contributed by atoms with van der Waals surface area (Å²) in [5.74, 6) is 1.15. The van der Waals surface area contributed by atoms with Gasteiger partial charge in [0.1, 0.15) is 5.38 Å². The largest absolute Gasteiger partial charge is 0.337 e. The third-order valence-electron chi connectivity index (χ3n) is 1.55. The molecule has 0 saturated carbocycles. The molecule has 2 heterocycles. The third kappa shape index (κ3) is 1.72. The van der Waals surface area contributed by atoms with Gasteiger partial charge in [0.2, 0.25) is 17.5 Å². The molecule has 72 valence electrons. The highest BCUT2D eigenvalue weighted by Crippen LogP contribution is 2.19. The van der Waals surface area contributed by atoms with E-state index >= 15 is 0 Å². The molecule has 0 N–H and O–H groups in total. The van der Waals surface area contributed by atoms with Gasteiger partial charge in [0.05, 0.1) is 0 Å². The SMILES string of the molecule is C[C@@H](Cl)c1nc(-c2ncccn2)no1. The first-order valence-corrected chi connectivity index (χ1v) is 4.46. The van der Waals surface area contributed by atoms with Crippen molar-refractivity contribution in [1.82, 2.24) is 20.1 Å². The van der Waals surface area contributed by atoms with Crippen LogP contribution in [-0.2, 0) is 0 Å². The van der Waals surface area contributed by atoms with Gasteiger partial charge in [0, 0.05) is 12.4 Å². The van der Waals surface area contributed by atoms with Crippen LogP contribution >= 0.6 is 11.6 Å². The molecule has 0 bridgehead atoms. The van der Waals surface area contributed by atoms with E-state index in [2.05, 4.69) is 20.1 Å². The van der Waals surface area contributed by atoms with E-state index in [9.17, 15) is 0 Å². The number of hydrogen-bond acceptors (Lipinski definition) is 5. The molecular weight excluding hydrogens is 204 g/mol. The summed E-state index contributed by atoms with van der Waals surface area (Å²) in [6.07, 6.45) is 3.23. The molecule has 14 heavy (non-hydrogen) atoms. The summed E-state index contributed by atoms with van der Waals surface area (Å²) in [4.78, 5) is 12.0. The van der Waals surface area contributed by atoms with Crippen molar-refractivity contribution < 1.29 is 4.52 Å². The zero-order chi connectivity index (χ0) is 9.97. The molecule has 2 aromatic heterocycles. The van der Waals surface area contributed by atoms with Gasteiger partial charge in [-0.05, 0) is 13.0 Å². The molecule has 0 aromatic carbocycles. The van der Waals surface area contributed by atoms with Crippen molar-refractivity contribution in [2.24, 2.45) is 0 Å². The lowest BCUT2D eigenvalue weighted by molar-refractivity contribution is 0.379. The topological polar surface area (TPSA) is 64.7 Å². The minimum absolute atomic E-state index is 0.306. The summed E-state index contributed by atoms with van der Waals surface area (Å²) >= 11 is 5.77. The monoisotopic (exact) mass is 210 g/mol. The molecule has 0 unspecified atom stereocenters. The quantitative estimate of drug-likeness (QED) is 0.708. The van der Waals surface area contributed by atoms with Crippen molar-refractivity contribution in [3.8, 4) is 11.6 Å². The number of alkyl halides is 1.